The van der Waals surface area contributed by atoms with Gasteiger partial charge in [0.2, 0.25) is 11.9 Å². The Morgan fingerprint density at radius 2 is 1.50 bits per heavy atom. The zero-order valence-corrected chi connectivity index (χ0v) is 18.0. The van der Waals surface area contributed by atoms with Crippen molar-refractivity contribution < 1.29 is 17.9 Å². The fourth-order valence-corrected chi connectivity index (χ4v) is 2.91. The summed E-state index contributed by atoms with van der Waals surface area (Å²) >= 11 is 5.94. The molecular formula is C23H16ClF3N6O. The average molecular weight is 485 g/mol. The lowest BCUT2D eigenvalue weighted by molar-refractivity contribution is -0.274. The molecule has 4 rings (SSSR count). The molecular weight excluding hydrogens is 469 g/mol. The van der Waals surface area contributed by atoms with Gasteiger partial charge >= 0.3 is 6.36 Å². The van der Waals surface area contributed by atoms with Crippen LogP contribution in [-0.2, 0) is 0 Å². The zero-order valence-electron chi connectivity index (χ0n) is 17.3. The molecule has 0 aliphatic rings. The summed E-state index contributed by atoms with van der Waals surface area (Å²) in [7, 11) is 0. The maximum Gasteiger partial charge on any atom is 0.573 e. The minimum absolute atomic E-state index is 0.165. The van der Waals surface area contributed by atoms with E-state index in [0.717, 1.165) is 11.3 Å². The van der Waals surface area contributed by atoms with Crippen molar-refractivity contribution >= 4 is 35.4 Å². The molecule has 3 aromatic carbocycles. The van der Waals surface area contributed by atoms with Crippen LogP contribution in [0.2, 0.25) is 5.02 Å². The molecule has 0 bridgehead atoms. The SMILES string of the molecule is FC(F)(F)Oc1ccc(C=NNc2nc(Nc3ccc(Cl)cc3)nc(-c3ccccc3)n2)cc1. The van der Waals surface area contributed by atoms with Gasteiger partial charge in [0.05, 0.1) is 6.21 Å². The van der Waals surface area contributed by atoms with Crippen molar-refractivity contribution in [1.82, 2.24) is 15.0 Å². The van der Waals surface area contributed by atoms with E-state index in [4.69, 9.17) is 11.6 Å². The third-order valence-corrected chi connectivity index (χ3v) is 4.51. The normalized spacial score (nSPS) is 11.4. The molecule has 172 valence electrons. The summed E-state index contributed by atoms with van der Waals surface area (Å²) in [5, 5.41) is 7.77. The molecule has 1 heterocycles. The molecule has 1 aromatic heterocycles. The lowest BCUT2D eigenvalue weighted by atomic mass is 10.2. The van der Waals surface area contributed by atoms with Crippen LogP contribution in [0.3, 0.4) is 0 Å². The van der Waals surface area contributed by atoms with E-state index in [2.05, 4.69) is 35.5 Å². The van der Waals surface area contributed by atoms with Crippen LogP contribution in [-0.4, -0.2) is 27.5 Å². The molecule has 0 fully saturated rings. The number of hydrazone groups is 1. The Morgan fingerprint density at radius 3 is 2.18 bits per heavy atom. The highest BCUT2D eigenvalue weighted by atomic mass is 35.5. The van der Waals surface area contributed by atoms with Gasteiger partial charge in [0.1, 0.15) is 5.75 Å². The van der Waals surface area contributed by atoms with E-state index in [9.17, 15) is 13.2 Å². The second kappa shape index (κ2) is 10.2. The van der Waals surface area contributed by atoms with Gasteiger partial charge in [-0.2, -0.15) is 20.1 Å². The first-order valence-corrected chi connectivity index (χ1v) is 10.2. The highest BCUT2D eigenvalue weighted by molar-refractivity contribution is 6.30. The molecule has 11 heteroatoms. The van der Waals surface area contributed by atoms with E-state index < -0.39 is 6.36 Å². The van der Waals surface area contributed by atoms with Crippen molar-refractivity contribution in [2.24, 2.45) is 5.10 Å². The summed E-state index contributed by atoms with van der Waals surface area (Å²) in [5.74, 6) is 0.542. The van der Waals surface area contributed by atoms with Crippen molar-refractivity contribution in [2.45, 2.75) is 6.36 Å². The lowest BCUT2D eigenvalue weighted by Gasteiger charge is -2.09. The second-order valence-electron chi connectivity index (χ2n) is 6.79. The van der Waals surface area contributed by atoms with Gasteiger partial charge in [-0.3, -0.25) is 0 Å². The molecule has 0 saturated heterocycles. The Labute approximate surface area is 197 Å². The highest BCUT2D eigenvalue weighted by Gasteiger charge is 2.30. The molecule has 0 aliphatic carbocycles. The predicted octanol–water partition coefficient (Wildman–Crippen LogP) is 6.28. The fourth-order valence-electron chi connectivity index (χ4n) is 2.78. The number of aromatic nitrogens is 3. The van der Waals surface area contributed by atoms with Gasteiger partial charge in [-0.15, -0.1) is 13.2 Å². The molecule has 0 atom stereocenters. The monoisotopic (exact) mass is 484 g/mol. The minimum Gasteiger partial charge on any atom is -0.406 e. The summed E-state index contributed by atoms with van der Waals surface area (Å²) in [6.45, 7) is 0. The number of rotatable bonds is 7. The van der Waals surface area contributed by atoms with E-state index in [1.807, 2.05) is 30.3 Å². The molecule has 7 nitrogen and oxygen atoms in total. The second-order valence-corrected chi connectivity index (χ2v) is 7.23. The zero-order chi connectivity index (χ0) is 24.0. The van der Waals surface area contributed by atoms with Crippen LogP contribution < -0.4 is 15.5 Å². The Morgan fingerprint density at radius 1 is 0.824 bits per heavy atom. The third-order valence-electron chi connectivity index (χ3n) is 4.26. The van der Waals surface area contributed by atoms with Gasteiger partial charge in [0.25, 0.3) is 0 Å². The molecule has 0 amide bonds. The summed E-state index contributed by atoms with van der Waals surface area (Å²) < 4.78 is 40.7. The minimum atomic E-state index is -4.75. The van der Waals surface area contributed by atoms with E-state index in [1.165, 1.54) is 30.5 Å². The van der Waals surface area contributed by atoms with Gasteiger partial charge in [-0.1, -0.05) is 41.9 Å². The van der Waals surface area contributed by atoms with Crippen molar-refractivity contribution in [3.63, 3.8) is 0 Å². The number of nitrogens with one attached hydrogen (secondary N) is 2. The van der Waals surface area contributed by atoms with Crippen LogP contribution in [0.5, 0.6) is 5.75 Å². The van der Waals surface area contributed by atoms with E-state index in [0.29, 0.717) is 16.4 Å². The number of alkyl halides is 3. The van der Waals surface area contributed by atoms with E-state index in [-0.39, 0.29) is 17.6 Å². The molecule has 34 heavy (non-hydrogen) atoms. The Balaban J connectivity index is 1.53. The smallest absolute Gasteiger partial charge is 0.406 e. The molecule has 0 aliphatic heterocycles. The van der Waals surface area contributed by atoms with Gasteiger partial charge in [-0.05, 0) is 54.1 Å². The number of hydrogen-bond donors (Lipinski definition) is 2. The summed E-state index contributed by atoms with van der Waals surface area (Å²) in [5.41, 5.74) is 4.77. The Kier molecular flexibility index (Phi) is 6.88. The first-order valence-electron chi connectivity index (χ1n) is 9.83. The number of anilines is 3. The molecule has 0 radical (unpaired) electrons. The van der Waals surface area contributed by atoms with Crippen LogP contribution in [0.4, 0.5) is 30.8 Å². The standard InChI is InChI=1S/C23H16ClF3N6O/c24-17-8-10-18(11-9-17)29-21-30-20(16-4-2-1-3-5-16)31-22(32-21)33-28-14-15-6-12-19(13-7-15)34-23(25,26)27/h1-14H,(H2,29,30,31,32,33). The largest absolute Gasteiger partial charge is 0.573 e. The van der Waals surface area contributed by atoms with Crippen LogP contribution >= 0.6 is 11.6 Å². The van der Waals surface area contributed by atoms with Gasteiger partial charge < -0.3 is 10.1 Å². The number of halogens is 4. The Hall–Kier alpha value is -4.18. The predicted molar refractivity (Wildman–Crippen MR) is 124 cm³/mol. The van der Waals surface area contributed by atoms with E-state index >= 15 is 0 Å². The highest BCUT2D eigenvalue weighted by Crippen LogP contribution is 2.23. The van der Waals surface area contributed by atoms with Crippen LogP contribution in [0.15, 0.2) is 84.0 Å². The van der Waals surface area contributed by atoms with Gasteiger partial charge in [-0.25, -0.2) is 5.43 Å². The first kappa shape index (κ1) is 23.0. The van der Waals surface area contributed by atoms with Crippen LogP contribution in [0.1, 0.15) is 5.56 Å². The lowest BCUT2D eigenvalue weighted by Crippen LogP contribution is -2.17. The maximum atomic E-state index is 12.3. The molecule has 0 unspecified atom stereocenters. The van der Waals surface area contributed by atoms with Crippen molar-refractivity contribution in [1.29, 1.82) is 0 Å². The topological polar surface area (TPSA) is 84.3 Å². The molecule has 4 aromatic rings. The molecule has 2 N–H and O–H groups in total. The van der Waals surface area contributed by atoms with Crippen molar-refractivity contribution in [3.05, 3.63) is 89.4 Å². The Bertz CT molecular complexity index is 1270. The van der Waals surface area contributed by atoms with E-state index in [1.54, 1.807) is 24.3 Å². The number of nitrogens with zero attached hydrogens (tertiary/aromatic N) is 4. The maximum absolute atomic E-state index is 12.3. The van der Waals surface area contributed by atoms with Crippen LogP contribution in [0, 0.1) is 0 Å². The number of ether oxygens (including phenoxy) is 1. The van der Waals surface area contributed by atoms with Crippen molar-refractivity contribution in [3.8, 4) is 17.1 Å². The fraction of sp³-hybridized carbons (Fsp3) is 0.0435. The van der Waals surface area contributed by atoms with Gasteiger partial charge in [0, 0.05) is 16.3 Å². The number of benzene rings is 3. The summed E-state index contributed by atoms with van der Waals surface area (Å²) in [4.78, 5) is 13.2. The average Bonchev–Trinajstić information content (AvgIpc) is 2.81. The first-order chi connectivity index (χ1) is 16.3. The number of hydrogen-bond acceptors (Lipinski definition) is 7. The summed E-state index contributed by atoms with van der Waals surface area (Å²) in [6.07, 6.45) is -3.33. The molecule has 0 spiro atoms. The summed E-state index contributed by atoms with van der Waals surface area (Å²) in [6, 6.07) is 21.6. The van der Waals surface area contributed by atoms with Crippen molar-refractivity contribution in [2.75, 3.05) is 10.7 Å². The molecule has 0 saturated carbocycles. The van der Waals surface area contributed by atoms with Crippen LogP contribution in [0.25, 0.3) is 11.4 Å². The van der Waals surface area contributed by atoms with Gasteiger partial charge in [0.15, 0.2) is 5.82 Å². The third kappa shape index (κ3) is 6.66. The quantitative estimate of drug-likeness (QED) is 0.237.